The van der Waals surface area contributed by atoms with Crippen LogP contribution in [0.3, 0.4) is 0 Å². The average Bonchev–Trinajstić information content (AvgIpc) is 3.16. The van der Waals surface area contributed by atoms with Crippen molar-refractivity contribution >= 4 is 5.91 Å². The molecule has 1 amide bonds. The van der Waals surface area contributed by atoms with E-state index in [0.29, 0.717) is 19.0 Å². The molecule has 2 aromatic rings. The molecule has 0 spiro atoms. The van der Waals surface area contributed by atoms with Crippen LogP contribution in [-0.4, -0.2) is 58.6 Å². The Hall–Kier alpha value is -2.25. The molecule has 3 rings (SSSR count). The molecule has 0 radical (unpaired) electrons. The van der Waals surface area contributed by atoms with E-state index in [9.17, 15) is 4.79 Å². The van der Waals surface area contributed by atoms with E-state index in [1.54, 1.807) is 0 Å². The van der Waals surface area contributed by atoms with Crippen molar-refractivity contribution in [2.45, 2.75) is 32.9 Å². The number of rotatable bonds is 7. The summed E-state index contributed by atoms with van der Waals surface area (Å²) >= 11 is 0. The molecule has 7 nitrogen and oxygen atoms in total. The Balaban J connectivity index is 1.41. The highest BCUT2D eigenvalue weighted by Crippen LogP contribution is 2.20. The molecule has 7 heteroatoms. The molecular weight excluding hydrogens is 330 g/mol. The molecule has 0 aliphatic carbocycles. The van der Waals surface area contributed by atoms with Crippen LogP contribution in [0.25, 0.3) is 0 Å². The van der Waals surface area contributed by atoms with Crippen LogP contribution < -0.4 is 5.32 Å². The van der Waals surface area contributed by atoms with Crippen molar-refractivity contribution in [1.29, 1.82) is 0 Å². The number of aryl methyl sites for hydroxylation is 1. The normalized spacial score (nSPS) is 17.2. The molecule has 2 heterocycles. The van der Waals surface area contributed by atoms with Gasteiger partial charge in [0.25, 0.3) is 0 Å². The minimum absolute atomic E-state index is 0.0693. The number of amides is 1. The van der Waals surface area contributed by atoms with Crippen LogP contribution in [-0.2, 0) is 17.8 Å². The van der Waals surface area contributed by atoms with Crippen LogP contribution in [0.5, 0.6) is 0 Å². The highest BCUT2D eigenvalue weighted by molar-refractivity contribution is 5.78. The van der Waals surface area contributed by atoms with Gasteiger partial charge in [-0.15, -0.1) is 0 Å². The molecule has 1 aromatic carbocycles. The number of nitrogens with zero attached hydrogens (tertiary/aromatic N) is 4. The first-order chi connectivity index (χ1) is 12.7. The maximum atomic E-state index is 12.2. The highest BCUT2D eigenvalue weighted by atomic mass is 16.5. The number of aromatic nitrogens is 2. The van der Waals surface area contributed by atoms with Gasteiger partial charge in [0.15, 0.2) is 5.82 Å². The van der Waals surface area contributed by atoms with E-state index in [0.717, 1.165) is 44.0 Å². The largest absolute Gasteiger partial charge is 0.351 e. The van der Waals surface area contributed by atoms with Gasteiger partial charge in [-0.25, -0.2) is 0 Å². The topological polar surface area (TPSA) is 74.5 Å². The molecule has 1 saturated heterocycles. The Morgan fingerprint density at radius 2 is 1.96 bits per heavy atom. The third-order valence-corrected chi connectivity index (χ3v) is 4.81. The molecule has 1 aromatic heterocycles. The first-order valence-electron chi connectivity index (χ1n) is 9.25. The molecule has 1 aliphatic rings. The van der Waals surface area contributed by atoms with Crippen LogP contribution in [0.2, 0.25) is 0 Å². The van der Waals surface area contributed by atoms with E-state index in [2.05, 4.69) is 32.2 Å². The van der Waals surface area contributed by atoms with Crippen LogP contribution in [0.15, 0.2) is 34.9 Å². The smallest absolute Gasteiger partial charge is 0.243 e. The molecule has 1 N–H and O–H groups in total. The quantitative estimate of drug-likeness (QED) is 0.812. The van der Waals surface area contributed by atoms with Gasteiger partial charge >= 0.3 is 0 Å². The second kappa shape index (κ2) is 8.91. The molecular formula is C19H27N5O2. The fourth-order valence-corrected chi connectivity index (χ4v) is 3.10. The fraction of sp³-hybridized carbons (Fsp3) is 0.526. The molecule has 26 heavy (non-hydrogen) atoms. The van der Waals surface area contributed by atoms with Crippen molar-refractivity contribution in [3.8, 4) is 0 Å². The van der Waals surface area contributed by atoms with Gasteiger partial charge in [-0.1, -0.05) is 42.4 Å². The van der Waals surface area contributed by atoms with Crippen molar-refractivity contribution in [2.75, 3.05) is 32.7 Å². The number of carbonyl (C=O) groups excluding carboxylic acids is 1. The van der Waals surface area contributed by atoms with E-state index < -0.39 is 0 Å². The zero-order chi connectivity index (χ0) is 18.4. The predicted molar refractivity (Wildman–Crippen MR) is 98.4 cm³/mol. The van der Waals surface area contributed by atoms with Crippen LogP contribution in [0.4, 0.5) is 0 Å². The molecule has 1 aliphatic heterocycles. The molecule has 1 fully saturated rings. The third kappa shape index (κ3) is 4.89. The van der Waals surface area contributed by atoms with Gasteiger partial charge in [0.2, 0.25) is 11.8 Å². The van der Waals surface area contributed by atoms with Gasteiger partial charge in [-0.05, 0) is 12.5 Å². The lowest BCUT2D eigenvalue weighted by atomic mass is 10.2. The zero-order valence-corrected chi connectivity index (χ0v) is 15.5. The lowest BCUT2D eigenvalue weighted by Crippen LogP contribution is -2.49. The molecule has 0 bridgehead atoms. The van der Waals surface area contributed by atoms with Gasteiger partial charge in [0.1, 0.15) is 0 Å². The summed E-state index contributed by atoms with van der Waals surface area (Å²) in [6.07, 6.45) is 0.780. The summed E-state index contributed by atoms with van der Waals surface area (Å²) in [6.45, 7) is 8.61. The van der Waals surface area contributed by atoms with Crippen molar-refractivity contribution in [3.63, 3.8) is 0 Å². The van der Waals surface area contributed by atoms with Gasteiger partial charge < -0.3 is 9.84 Å². The second-order valence-electron chi connectivity index (χ2n) is 6.65. The minimum Gasteiger partial charge on any atom is -0.351 e. The van der Waals surface area contributed by atoms with Crippen LogP contribution >= 0.6 is 0 Å². The Morgan fingerprint density at radius 3 is 2.62 bits per heavy atom. The fourth-order valence-electron chi connectivity index (χ4n) is 3.10. The number of carbonyl (C=O) groups is 1. The van der Waals surface area contributed by atoms with Crippen molar-refractivity contribution in [2.24, 2.45) is 0 Å². The Kier molecular flexibility index (Phi) is 6.35. The van der Waals surface area contributed by atoms with Gasteiger partial charge in [0, 0.05) is 39.1 Å². The van der Waals surface area contributed by atoms with Gasteiger partial charge in [-0.3, -0.25) is 14.6 Å². The van der Waals surface area contributed by atoms with Crippen LogP contribution in [0, 0.1) is 0 Å². The maximum absolute atomic E-state index is 12.2. The lowest BCUT2D eigenvalue weighted by Gasteiger charge is -2.36. The molecule has 0 unspecified atom stereocenters. The monoisotopic (exact) mass is 357 g/mol. The average molecular weight is 357 g/mol. The first-order valence-corrected chi connectivity index (χ1v) is 9.25. The maximum Gasteiger partial charge on any atom is 0.243 e. The molecule has 1 atom stereocenters. The SMILES string of the molecule is CCc1noc([C@@H](C)N2CCN(CC(=O)NCc3ccccc3)CC2)n1. The van der Waals surface area contributed by atoms with Crippen LogP contribution in [0.1, 0.15) is 37.2 Å². The summed E-state index contributed by atoms with van der Waals surface area (Å²) in [6, 6.07) is 10.1. The van der Waals surface area contributed by atoms with Crippen molar-refractivity contribution in [1.82, 2.24) is 25.3 Å². The number of hydrogen-bond acceptors (Lipinski definition) is 6. The van der Waals surface area contributed by atoms with Gasteiger partial charge in [-0.2, -0.15) is 4.98 Å². The van der Waals surface area contributed by atoms with Crippen molar-refractivity contribution in [3.05, 3.63) is 47.6 Å². The number of benzene rings is 1. The molecule has 140 valence electrons. The predicted octanol–water partition coefficient (Wildman–Crippen LogP) is 1.63. The number of piperazine rings is 1. The standard InChI is InChI=1S/C19H27N5O2/c1-3-17-21-19(26-22-17)15(2)24-11-9-23(10-12-24)14-18(25)20-13-16-7-5-4-6-8-16/h4-8,15H,3,9-14H2,1-2H3,(H,20,25)/t15-/m1/s1. The van der Waals surface area contributed by atoms with E-state index in [-0.39, 0.29) is 11.9 Å². The Bertz CT molecular complexity index is 695. The number of nitrogens with one attached hydrogen (secondary N) is 1. The molecule has 0 saturated carbocycles. The Labute approximate surface area is 154 Å². The Morgan fingerprint density at radius 1 is 1.23 bits per heavy atom. The lowest BCUT2D eigenvalue weighted by molar-refractivity contribution is -0.122. The van der Waals surface area contributed by atoms with E-state index in [1.807, 2.05) is 37.3 Å². The zero-order valence-electron chi connectivity index (χ0n) is 15.5. The summed E-state index contributed by atoms with van der Waals surface area (Å²) in [7, 11) is 0. The second-order valence-corrected chi connectivity index (χ2v) is 6.65. The summed E-state index contributed by atoms with van der Waals surface area (Å²) in [5, 5.41) is 6.96. The minimum atomic E-state index is 0.0693. The van der Waals surface area contributed by atoms with E-state index in [1.165, 1.54) is 0 Å². The van der Waals surface area contributed by atoms with Crippen molar-refractivity contribution < 1.29 is 9.32 Å². The van der Waals surface area contributed by atoms with Gasteiger partial charge in [0.05, 0.1) is 12.6 Å². The van der Waals surface area contributed by atoms with E-state index >= 15 is 0 Å². The summed E-state index contributed by atoms with van der Waals surface area (Å²) < 4.78 is 5.36. The number of hydrogen-bond donors (Lipinski definition) is 1. The summed E-state index contributed by atoms with van der Waals surface area (Å²) in [4.78, 5) is 21.1. The summed E-state index contributed by atoms with van der Waals surface area (Å²) in [5.41, 5.74) is 1.12. The third-order valence-electron chi connectivity index (χ3n) is 4.81. The summed E-state index contributed by atoms with van der Waals surface area (Å²) in [5.74, 6) is 1.50. The highest BCUT2D eigenvalue weighted by Gasteiger charge is 2.26. The van der Waals surface area contributed by atoms with E-state index in [4.69, 9.17) is 4.52 Å². The first kappa shape index (κ1) is 18.5.